The van der Waals surface area contributed by atoms with Crippen molar-refractivity contribution in [2.75, 3.05) is 32.6 Å². The summed E-state index contributed by atoms with van der Waals surface area (Å²) in [6.45, 7) is 4.71. The van der Waals surface area contributed by atoms with Gasteiger partial charge >= 0.3 is 0 Å². The van der Waals surface area contributed by atoms with Gasteiger partial charge in [-0.3, -0.25) is 4.79 Å². The fourth-order valence-electron chi connectivity index (χ4n) is 3.70. The smallest absolute Gasteiger partial charge is 0.246 e. The monoisotopic (exact) mass is 446 g/mol. The summed E-state index contributed by atoms with van der Waals surface area (Å²) in [7, 11) is -0.936. The van der Waals surface area contributed by atoms with Crippen LogP contribution >= 0.6 is 0 Å². The number of piperidine rings is 1. The van der Waals surface area contributed by atoms with Crippen molar-refractivity contribution in [1.29, 1.82) is 0 Å². The number of hydrogen-bond acceptors (Lipinski definition) is 5. The number of sulfonamides is 1. The van der Waals surface area contributed by atoms with E-state index >= 15 is 0 Å². The molecule has 1 aliphatic heterocycles. The van der Waals surface area contributed by atoms with E-state index in [0.29, 0.717) is 36.7 Å². The number of carbonyl (C=O) groups excluding carboxylic acids is 1. The molecular formula is C23H30N2O5S. The number of hydrogen-bond donors (Lipinski definition) is 1. The van der Waals surface area contributed by atoms with Crippen molar-refractivity contribution in [3.05, 3.63) is 48.0 Å². The summed E-state index contributed by atoms with van der Waals surface area (Å²) in [5.74, 6) is 0.489. The van der Waals surface area contributed by atoms with E-state index in [-0.39, 0.29) is 23.1 Å². The number of rotatable bonds is 7. The molecule has 0 radical (unpaired) electrons. The number of methoxy groups -OCH3 is 2. The number of ether oxygens (including phenoxy) is 2. The van der Waals surface area contributed by atoms with E-state index in [9.17, 15) is 13.2 Å². The van der Waals surface area contributed by atoms with Crippen LogP contribution in [0.4, 0.5) is 5.69 Å². The number of amides is 1. The molecule has 31 heavy (non-hydrogen) atoms. The molecule has 2 aromatic rings. The number of nitrogens with one attached hydrogen (secondary N) is 1. The lowest BCUT2D eigenvalue weighted by Crippen LogP contribution is -2.43. The molecule has 0 aliphatic carbocycles. The maximum atomic E-state index is 13.3. The van der Waals surface area contributed by atoms with Gasteiger partial charge in [0.15, 0.2) is 0 Å². The number of carbonyl (C=O) groups is 1. The predicted molar refractivity (Wildman–Crippen MR) is 120 cm³/mol. The highest BCUT2D eigenvalue weighted by molar-refractivity contribution is 7.89. The molecule has 2 aromatic carbocycles. The highest BCUT2D eigenvalue weighted by Crippen LogP contribution is 2.33. The summed E-state index contributed by atoms with van der Waals surface area (Å²) in [4.78, 5) is 12.9. The highest BCUT2D eigenvalue weighted by atomic mass is 32.2. The zero-order valence-corrected chi connectivity index (χ0v) is 19.2. The maximum Gasteiger partial charge on any atom is 0.246 e. The third kappa shape index (κ3) is 5.19. The topological polar surface area (TPSA) is 84.9 Å². The second-order valence-electron chi connectivity index (χ2n) is 7.98. The van der Waals surface area contributed by atoms with Crippen molar-refractivity contribution in [3.8, 4) is 11.5 Å². The Bertz CT molecular complexity index is 1020. The van der Waals surface area contributed by atoms with Gasteiger partial charge in [0.2, 0.25) is 15.9 Å². The highest BCUT2D eigenvalue weighted by Gasteiger charge is 2.35. The van der Waals surface area contributed by atoms with Gasteiger partial charge in [-0.25, -0.2) is 8.42 Å². The first-order chi connectivity index (χ1) is 14.8. The van der Waals surface area contributed by atoms with Crippen LogP contribution in [0, 0.1) is 5.92 Å². The van der Waals surface area contributed by atoms with Crippen molar-refractivity contribution in [2.45, 2.75) is 37.5 Å². The third-order valence-electron chi connectivity index (χ3n) is 5.59. The molecule has 1 atom stereocenters. The Labute approximate surface area is 184 Å². The quantitative estimate of drug-likeness (QED) is 0.698. The van der Waals surface area contributed by atoms with Gasteiger partial charge in [0.25, 0.3) is 0 Å². The number of anilines is 1. The average Bonchev–Trinajstić information content (AvgIpc) is 2.79. The Morgan fingerprint density at radius 1 is 1.10 bits per heavy atom. The summed E-state index contributed by atoms with van der Waals surface area (Å²) < 4.78 is 38.4. The van der Waals surface area contributed by atoms with Crippen LogP contribution in [0.25, 0.3) is 0 Å². The molecule has 0 saturated carbocycles. The van der Waals surface area contributed by atoms with Crippen LogP contribution in [-0.4, -0.2) is 45.9 Å². The molecule has 0 spiro atoms. The maximum absolute atomic E-state index is 13.3. The molecule has 0 bridgehead atoms. The Morgan fingerprint density at radius 2 is 1.81 bits per heavy atom. The molecule has 1 heterocycles. The summed E-state index contributed by atoms with van der Waals surface area (Å²) in [5.41, 5.74) is 1.91. The van der Waals surface area contributed by atoms with Crippen LogP contribution in [0.1, 0.15) is 38.2 Å². The van der Waals surface area contributed by atoms with Crippen molar-refractivity contribution < 1.29 is 22.7 Å². The van der Waals surface area contributed by atoms with Gasteiger partial charge in [-0.15, -0.1) is 0 Å². The first-order valence-electron chi connectivity index (χ1n) is 10.4. The van der Waals surface area contributed by atoms with Gasteiger partial charge in [-0.1, -0.05) is 26.0 Å². The molecule has 1 saturated heterocycles. The van der Waals surface area contributed by atoms with E-state index < -0.39 is 15.9 Å². The largest absolute Gasteiger partial charge is 0.497 e. The molecule has 0 unspecified atom stereocenters. The molecule has 1 amide bonds. The molecule has 3 rings (SSSR count). The van der Waals surface area contributed by atoms with Crippen molar-refractivity contribution >= 4 is 21.6 Å². The fraction of sp³-hybridized carbons (Fsp3) is 0.435. The molecule has 1 fully saturated rings. The SMILES string of the molecule is COc1ccc(OC)c(S(=O)(=O)N2CCC[C@@H](C(=O)Nc3ccc(C(C)C)cc3)C2)c1. The molecule has 1 aliphatic rings. The second-order valence-corrected chi connectivity index (χ2v) is 9.89. The fourth-order valence-corrected chi connectivity index (χ4v) is 5.39. The summed E-state index contributed by atoms with van der Waals surface area (Å²) in [5, 5.41) is 2.93. The predicted octanol–water partition coefficient (Wildman–Crippen LogP) is 3.87. The van der Waals surface area contributed by atoms with E-state index in [1.54, 1.807) is 12.1 Å². The Morgan fingerprint density at radius 3 is 2.42 bits per heavy atom. The standard InChI is InChI=1S/C23H30N2O5S/c1-16(2)17-7-9-19(10-8-17)24-23(26)18-6-5-13-25(15-18)31(27,28)22-14-20(29-3)11-12-21(22)30-4/h7-12,14,16,18H,5-6,13,15H2,1-4H3,(H,24,26)/t18-/m1/s1. The van der Waals surface area contributed by atoms with E-state index in [2.05, 4.69) is 19.2 Å². The van der Waals surface area contributed by atoms with Gasteiger partial charge in [-0.05, 0) is 48.6 Å². The van der Waals surface area contributed by atoms with Crippen LogP contribution in [-0.2, 0) is 14.8 Å². The van der Waals surface area contributed by atoms with Crippen LogP contribution in [0.15, 0.2) is 47.4 Å². The summed E-state index contributed by atoms with van der Waals surface area (Å²) >= 11 is 0. The average molecular weight is 447 g/mol. The Balaban J connectivity index is 1.75. The molecule has 1 N–H and O–H groups in total. The van der Waals surface area contributed by atoms with Gasteiger partial charge < -0.3 is 14.8 Å². The van der Waals surface area contributed by atoms with Crippen LogP contribution < -0.4 is 14.8 Å². The van der Waals surface area contributed by atoms with Crippen LogP contribution in [0.5, 0.6) is 11.5 Å². The molecule has 0 aromatic heterocycles. The zero-order chi connectivity index (χ0) is 22.6. The Kier molecular flexibility index (Phi) is 7.23. The second kappa shape index (κ2) is 9.70. The lowest BCUT2D eigenvalue weighted by atomic mass is 9.98. The molecule has 168 valence electrons. The normalized spacial score (nSPS) is 17.4. The number of benzene rings is 2. The Hall–Kier alpha value is -2.58. The lowest BCUT2D eigenvalue weighted by Gasteiger charge is -2.31. The van der Waals surface area contributed by atoms with E-state index in [1.807, 2.05) is 24.3 Å². The van der Waals surface area contributed by atoms with E-state index in [0.717, 1.165) is 0 Å². The van der Waals surface area contributed by atoms with Gasteiger partial charge in [0.1, 0.15) is 16.4 Å². The minimum atomic E-state index is -3.84. The van der Waals surface area contributed by atoms with E-state index in [4.69, 9.17) is 9.47 Å². The van der Waals surface area contributed by atoms with Gasteiger partial charge in [-0.2, -0.15) is 4.31 Å². The third-order valence-corrected chi connectivity index (χ3v) is 7.47. The zero-order valence-electron chi connectivity index (χ0n) is 18.4. The van der Waals surface area contributed by atoms with Gasteiger partial charge in [0, 0.05) is 24.8 Å². The first kappa shape index (κ1) is 23.1. The summed E-state index contributed by atoms with van der Waals surface area (Å²) in [6, 6.07) is 12.4. The lowest BCUT2D eigenvalue weighted by molar-refractivity contribution is -0.120. The number of nitrogens with zero attached hydrogens (tertiary/aromatic N) is 1. The van der Waals surface area contributed by atoms with Crippen molar-refractivity contribution in [1.82, 2.24) is 4.31 Å². The summed E-state index contributed by atoms with van der Waals surface area (Å²) in [6.07, 6.45) is 1.24. The van der Waals surface area contributed by atoms with Crippen molar-refractivity contribution in [3.63, 3.8) is 0 Å². The minimum Gasteiger partial charge on any atom is -0.497 e. The molecular weight excluding hydrogens is 416 g/mol. The minimum absolute atomic E-state index is 0.0414. The van der Waals surface area contributed by atoms with Crippen molar-refractivity contribution in [2.24, 2.45) is 5.92 Å². The van der Waals surface area contributed by atoms with Crippen LogP contribution in [0.2, 0.25) is 0 Å². The first-order valence-corrected chi connectivity index (χ1v) is 11.8. The molecule has 8 heteroatoms. The van der Waals surface area contributed by atoms with Crippen LogP contribution in [0.3, 0.4) is 0 Å². The van der Waals surface area contributed by atoms with Gasteiger partial charge in [0.05, 0.1) is 20.1 Å². The molecule has 7 nitrogen and oxygen atoms in total. The van der Waals surface area contributed by atoms with E-state index in [1.165, 1.54) is 30.2 Å².